The predicted octanol–water partition coefficient (Wildman–Crippen LogP) is 4.06. The summed E-state index contributed by atoms with van der Waals surface area (Å²) < 4.78 is 5.25. The minimum atomic E-state index is -1.33. The molecule has 0 radical (unpaired) electrons. The van der Waals surface area contributed by atoms with Crippen molar-refractivity contribution < 1.29 is 23.9 Å². The second-order valence-corrected chi connectivity index (χ2v) is 10.2. The Balaban J connectivity index is 1.91. The summed E-state index contributed by atoms with van der Waals surface area (Å²) in [5, 5.41) is 7.30. The van der Waals surface area contributed by atoms with Crippen LogP contribution in [-0.4, -0.2) is 47.4 Å². The SMILES string of the molecule is Cc1ccc(C(C(=O)Nc2ccc3ccccc3c2)N(C)C(=O)C(CC(N)=O)NC(=O)OC(C)(C)C)cc1. The molecule has 0 aromatic heterocycles. The molecule has 2 atom stereocenters. The highest BCUT2D eigenvalue weighted by atomic mass is 16.6. The summed E-state index contributed by atoms with van der Waals surface area (Å²) in [4.78, 5) is 52.5. The van der Waals surface area contributed by atoms with E-state index in [1.807, 2.05) is 55.5 Å². The summed E-state index contributed by atoms with van der Waals surface area (Å²) in [6.45, 7) is 6.94. The van der Waals surface area contributed by atoms with Crippen LogP contribution in [0.2, 0.25) is 0 Å². The second-order valence-electron chi connectivity index (χ2n) is 10.2. The van der Waals surface area contributed by atoms with Crippen molar-refractivity contribution in [3.8, 4) is 0 Å². The summed E-state index contributed by atoms with van der Waals surface area (Å²) in [5.41, 5.74) is 6.64. The number of hydrogen-bond acceptors (Lipinski definition) is 5. The Kier molecular flexibility index (Phi) is 8.72. The standard InChI is InChI=1S/C29H34N4O5/c1-18-10-12-20(13-11-18)25(26(35)31-22-15-14-19-8-6-7-9-21(19)16-22)33(5)27(36)23(17-24(30)34)32-28(37)38-29(2,3)4/h6-16,23,25H,17H2,1-5H3,(H2,30,34)(H,31,35)(H,32,37). The van der Waals surface area contributed by atoms with E-state index in [-0.39, 0.29) is 0 Å². The van der Waals surface area contributed by atoms with E-state index in [9.17, 15) is 19.2 Å². The lowest BCUT2D eigenvalue weighted by molar-refractivity contribution is -0.140. The number of likely N-dealkylation sites (N-methyl/N-ethyl adjacent to an activating group) is 1. The molecular formula is C29H34N4O5. The highest BCUT2D eigenvalue weighted by Gasteiger charge is 2.35. The minimum absolute atomic E-state index is 0.463. The number of fused-ring (bicyclic) bond motifs is 1. The number of carbonyl (C=O) groups is 4. The molecule has 4 N–H and O–H groups in total. The van der Waals surface area contributed by atoms with Crippen LogP contribution < -0.4 is 16.4 Å². The van der Waals surface area contributed by atoms with Gasteiger partial charge in [-0.15, -0.1) is 0 Å². The monoisotopic (exact) mass is 518 g/mol. The maximum atomic E-state index is 13.6. The van der Waals surface area contributed by atoms with E-state index < -0.39 is 47.9 Å². The molecule has 3 aromatic rings. The van der Waals surface area contributed by atoms with Crippen molar-refractivity contribution in [2.45, 2.75) is 51.8 Å². The Hall–Kier alpha value is -4.40. The average Bonchev–Trinajstić information content (AvgIpc) is 2.83. The van der Waals surface area contributed by atoms with Crippen LogP contribution in [0, 0.1) is 6.92 Å². The number of nitrogens with two attached hydrogens (primary N) is 1. The molecule has 0 spiro atoms. The smallest absolute Gasteiger partial charge is 0.408 e. The van der Waals surface area contributed by atoms with Crippen LogP contribution in [0.15, 0.2) is 66.7 Å². The molecule has 0 aliphatic rings. The molecule has 0 fully saturated rings. The molecule has 38 heavy (non-hydrogen) atoms. The minimum Gasteiger partial charge on any atom is -0.444 e. The largest absolute Gasteiger partial charge is 0.444 e. The molecule has 0 aliphatic carbocycles. The van der Waals surface area contributed by atoms with Gasteiger partial charge in [0.1, 0.15) is 17.7 Å². The van der Waals surface area contributed by atoms with Crippen molar-refractivity contribution in [1.82, 2.24) is 10.2 Å². The molecule has 3 aromatic carbocycles. The lowest BCUT2D eigenvalue weighted by Gasteiger charge is -2.31. The number of benzene rings is 3. The second kappa shape index (κ2) is 11.8. The number of ether oxygens (including phenoxy) is 1. The van der Waals surface area contributed by atoms with E-state index in [2.05, 4.69) is 10.6 Å². The van der Waals surface area contributed by atoms with Crippen molar-refractivity contribution in [2.75, 3.05) is 12.4 Å². The van der Waals surface area contributed by atoms with Gasteiger partial charge in [0.05, 0.1) is 6.42 Å². The van der Waals surface area contributed by atoms with Crippen molar-refractivity contribution in [1.29, 1.82) is 0 Å². The van der Waals surface area contributed by atoms with Crippen LogP contribution in [0.3, 0.4) is 0 Å². The molecule has 4 amide bonds. The molecule has 0 saturated carbocycles. The fourth-order valence-corrected chi connectivity index (χ4v) is 4.00. The van der Waals surface area contributed by atoms with Gasteiger partial charge in [0.2, 0.25) is 11.8 Å². The van der Waals surface area contributed by atoms with Crippen molar-refractivity contribution >= 4 is 40.3 Å². The van der Waals surface area contributed by atoms with Crippen LogP contribution in [-0.2, 0) is 19.1 Å². The lowest BCUT2D eigenvalue weighted by atomic mass is 10.0. The number of amides is 4. The first-order chi connectivity index (χ1) is 17.8. The number of carbonyl (C=O) groups excluding carboxylic acids is 4. The van der Waals surface area contributed by atoms with Gasteiger partial charge < -0.3 is 26.0 Å². The van der Waals surface area contributed by atoms with Crippen molar-refractivity contribution in [3.05, 3.63) is 77.9 Å². The lowest BCUT2D eigenvalue weighted by Crippen LogP contribution is -2.52. The van der Waals surface area contributed by atoms with Crippen molar-refractivity contribution in [2.24, 2.45) is 5.73 Å². The zero-order chi connectivity index (χ0) is 28.0. The third kappa shape index (κ3) is 7.55. The molecule has 2 unspecified atom stereocenters. The van der Waals surface area contributed by atoms with Gasteiger partial charge in [-0.3, -0.25) is 14.4 Å². The normalized spacial score (nSPS) is 12.8. The van der Waals surface area contributed by atoms with Gasteiger partial charge >= 0.3 is 6.09 Å². The molecule has 3 rings (SSSR count). The van der Waals surface area contributed by atoms with E-state index in [0.29, 0.717) is 11.3 Å². The molecule has 9 heteroatoms. The molecule has 0 saturated heterocycles. The number of rotatable bonds is 8. The van der Waals surface area contributed by atoms with Crippen molar-refractivity contribution in [3.63, 3.8) is 0 Å². The molecular weight excluding hydrogens is 484 g/mol. The van der Waals surface area contributed by atoms with Gasteiger partial charge in [-0.25, -0.2) is 4.79 Å². The summed E-state index contributed by atoms with van der Waals surface area (Å²) in [5.74, 6) is -1.93. The van der Waals surface area contributed by atoms with Crippen LogP contribution in [0.25, 0.3) is 10.8 Å². The number of alkyl carbamates (subject to hydrolysis) is 1. The molecule has 0 heterocycles. The highest BCUT2D eigenvalue weighted by Crippen LogP contribution is 2.25. The Labute approximate surface area is 222 Å². The summed E-state index contributed by atoms with van der Waals surface area (Å²) in [7, 11) is 1.44. The van der Waals surface area contributed by atoms with Gasteiger partial charge in [0, 0.05) is 12.7 Å². The predicted molar refractivity (Wildman–Crippen MR) is 146 cm³/mol. The van der Waals surface area contributed by atoms with Gasteiger partial charge in [-0.05, 0) is 56.2 Å². The first-order valence-electron chi connectivity index (χ1n) is 12.2. The number of nitrogens with zero attached hydrogens (tertiary/aromatic N) is 1. The molecule has 200 valence electrons. The highest BCUT2D eigenvalue weighted by molar-refractivity contribution is 6.00. The van der Waals surface area contributed by atoms with E-state index >= 15 is 0 Å². The van der Waals surface area contributed by atoms with Gasteiger partial charge in [-0.1, -0.05) is 60.2 Å². The Morgan fingerprint density at radius 1 is 0.947 bits per heavy atom. The average molecular weight is 519 g/mol. The van der Waals surface area contributed by atoms with Gasteiger partial charge in [0.15, 0.2) is 0 Å². The Bertz CT molecular complexity index is 1330. The molecule has 9 nitrogen and oxygen atoms in total. The molecule has 0 bridgehead atoms. The number of hydrogen-bond donors (Lipinski definition) is 3. The van der Waals surface area contributed by atoms with E-state index in [1.54, 1.807) is 39.0 Å². The fourth-order valence-electron chi connectivity index (χ4n) is 4.00. The topological polar surface area (TPSA) is 131 Å². The maximum Gasteiger partial charge on any atom is 0.408 e. The van der Waals surface area contributed by atoms with Crippen LogP contribution in [0.1, 0.15) is 44.4 Å². The van der Waals surface area contributed by atoms with E-state index in [0.717, 1.165) is 16.3 Å². The Morgan fingerprint density at radius 2 is 1.58 bits per heavy atom. The van der Waals surface area contributed by atoms with E-state index in [4.69, 9.17) is 10.5 Å². The first kappa shape index (κ1) is 28.2. The van der Waals surface area contributed by atoms with Gasteiger partial charge in [0.25, 0.3) is 5.91 Å². The number of nitrogens with one attached hydrogen (secondary N) is 2. The summed E-state index contributed by atoms with van der Waals surface area (Å²) in [6, 6.07) is 18.1. The van der Waals surface area contributed by atoms with Crippen LogP contribution in [0.5, 0.6) is 0 Å². The number of primary amides is 1. The quantitative estimate of drug-likeness (QED) is 0.414. The zero-order valence-electron chi connectivity index (χ0n) is 22.3. The molecule has 0 aliphatic heterocycles. The number of aryl methyl sites for hydroxylation is 1. The maximum absolute atomic E-state index is 13.6. The summed E-state index contributed by atoms with van der Waals surface area (Å²) in [6.07, 6.45) is -1.34. The third-order valence-electron chi connectivity index (χ3n) is 5.79. The first-order valence-corrected chi connectivity index (χ1v) is 12.2. The van der Waals surface area contributed by atoms with Gasteiger partial charge in [-0.2, -0.15) is 0 Å². The third-order valence-corrected chi connectivity index (χ3v) is 5.79. The summed E-state index contributed by atoms with van der Waals surface area (Å²) >= 11 is 0. The number of anilines is 1. The zero-order valence-corrected chi connectivity index (χ0v) is 22.3. The fraction of sp³-hybridized carbons (Fsp3) is 0.310. The van der Waals surface area contributed by atoms with Crippen LogP contribution in [0.4, 0.5) is 10.5 Å². The van der Waals surface area contributed by atoms with E-state index in [1.165, 1.54) is 11.9 Å². The Morgan fingerprint density at radius 3 is 2.18 bits per heavy atom. The van der Waals surface area contributed by atoms with Crippen LogP contribution >= 0.6 is 0 Å².